The molecule has 0 aliphatic carbocycles. The van der Waals surface area contributed by atoms with Gasteiger partial charge >= 0.3 is 12.1 Å². The van der Waals surface area contributed by atoms with Crippen molar-refractivity contribution in [2.75, 3.05) is 18.2 Å². The highest BCUT2D eigenvalue weighted by Crippen LogP contribution is 2.31. The third kappa shape index (κ3) is 5.35. The van der Waals surface area contributed by atoms with E-state index in [9.17, 15) is 14.7 Å². The van der Waals surface area contributed by atoms with Gasteiger partial charge in [0.1, 0.15) is 5.56 Å². The van der Waals surface area contributed by atoms with E-state index in [4.69, 9.17) is 9.47 Å². The van der Waals surface area contributed by atoms with Crippen molar-refractivity contribution >= 4 is 29.5 Å². The first-order valence-corrected chi connectivity index (χ1v) is 9.12. The summed E-state index contributed by atoms with van der Waals surface area (Å²) in [7, 11) is 0. The maximum Gasteiger partial charge on any atom is 0.411 e. The summed E-state index contributed by atoms with van der Waals surface area (Å²) in [4.78, 5) is 31.2. The Bertz CT molecular complexity index is 785. The van der Waals surface area contributed by atoms with Crippen molar-refractivity contribution in [3.63, 3.8) is 0 Å². The number of amides is 1. The molecule has 138 valence electrons. The number of rotatable bonds is 8. The van der Waals surface area contributed by atoms with E-state index in [0.717, 1.165) is 12.8 Å². The number of unbranched alkanes of at least 4 members (excludes halogenated alkanes) is 1. The Kier molecular flexibility index (Phi) is 7.22. The zero-order valence-corrected chi connectivity index (χ0v) is 15.2. The average Bonchev–Trinajstić information content (AvgIpc) is 2.63. The smallest absolute Gasteiger partial charge is 0.411 e. The SMILES string of the molecule is CCCCOC(=O)Nc1ccccc1Oc1nc(SC)ncc1C(=O)O. The van der Waals surface area contributed by atoms with Crippen LogP contribution >= 0.6 is 11.8 Å². The topological polar surface area (TPSA) is 111 Å². The lowest BCUT2D eigenvalue weighted by Crippen LogP contribution is -2.15. The maximum atomic E-state index is 11.9. The Morgan fingerprint density at radius 3 is 2.77 bits per heavy atom. The highest BCUT2D eigenvalue weighted by atomic mass is 32.2. The Morgan fingerprint density at radius 1 is 1.31 bits per heavy atom. The molecule has 2 aromatic rings. The summed E-state index contributed by atoms with van der Waals surface area (Å²) < 4.78 is 10.7. The number of anilines is 1. The van der Waals surface area contributed by atoms with Crippen molar-refractivity contribution in [1.29, 1.82) is 0 Å². The number of aromatic nitrogens is 2. The van der Waals surface area contributed by atoms with Crippen LogP contribution in [0.5, 0.6) is 11.6 Å². The van der Waals surface area contributed by atoms with E-state index in [2.05, 4.69) is 15.3 Å². The first kappa shape index (κ1) is 19.5. The number of carboxylic acid groups (broad SMARTS) is 1. The molecule has 2 rings (SSSR count). The Morgan fingerprint density at radius 2 is 2.08 bits per heavy atom. The number of carbonyl (C=O) groups excluding carboxylic acids is 1. The van der Waals surface area contributed by atoms with Crippen LogP contribution in [0.15, 0.2) is 35.6 Å². The number of nitrogens with zero attached hydrogens (tertiary/aromatic N) is 2. The van der Waals surface area contributed by atoms with Crippen molar-refractivity contribution in [2.45, 2.75) is 24.9 Å². The van der Waals surface area contributed by atoms with Gasteiger partial charge in [-0.15, -0.1) is 0 Å². The Hall–Kier alpha value is -2.81. The summed E-state index contributed by atoms with van der Waals surface area (Å²) in [6, 6.07) is 6.61. The van der Waals surface area contributed by atoms with Crippen molar-refractivity contribution < 1.29 is 24.2 Å². The number of para-hydroxylation sites is 2. The molecule has 0 spiro atoms. The molecule has 1 amide bonds. The highest BCUT2D eigenvalue weighted by molar-refractivity contribution is 7.98. The lowest BCUT2D eigenvalue weighted by Gasteiger charge is -2.13. The predicted molar refractivity (Wildman–Crippen MR) is 97.2 cm³/mol. The highest BCUT2D eigenvalue weighted by Gasteiger charge is 2.18. The standard InChI is InChI=1S/C17H19N3O5S/c1-3-4-9-24-17(23)19-12-7-5-6-8-13(12)25-14-11(15(21)22)10-18-16(20-14)26-2/h5-8,10H,3-4,9H2,1-2H3,(H,19,23)(H,21,22). The van der Waals surface area contributed by atoms with Gasteiger partial charge < -0.3 is 14.6 Å². The van der Waals surface area contributed by atoms with Crippen LogP contribution < -0.4 is 10.1 Å². The van der Waals surface area contributed by atoms with Crippen LogP contribution in [0.3, 0.4) is 0 Å². The van der Waals surface area contributed by atoms with Gasteiger partial charge in [-0.2, -0.15) is 4.98 Å². The number of carboxylic acids is 1. The molecule has 1 heterocycles. The Balaban J connectivity index is 2.22. The van der Waals surface area contributed by atoms with Crippen LogP contribution in [-0.4, -0.2) is 40.0 Å². The predicted octanol–water partition coefficient (Wildman–Crippen LogP) is 4.04. The number of thioether (sulfide) groups is 1. The van der Waals surface area contributed by atoms with Crippen LogP contribution in [-0.2, 0) is 4.74 Å². The summed E-state index contributed by atoms with van der Waals surface area (Å²) in [6.07, 6.45) is 4.02. The molecule has 0 unspecified atom stereocenters. The van der Waals surface area contributed by atoms with Gasteiger partial charge in [0.2, 0.25) is 5.88 Å². The molecule has 0 saturated heterocycles. The second kappa shape index (κ2) is 9.62. The molecule has 9 heteroatoms. The summed E-state index contributed by atoms with van der Waals surface area (Å²) in [5.41, 5.74) is 0.165. The molecule has 0 aliphatic heterocycles. The molecule has 1 aromatic carbocycles. The van der Waals surface area contributed by atoms with Crippen LogP contribution in [0.1, 0.15) is 30.1 Å². The van der Waals surface area contributed by atoms with E-state index in [1.165, 1.54) is 18.0 Å². The molecule has 2 N–H and O–H groups in total. The van der Waals surface area contributed by atoms with Gasteiger partial charge in [-0.1, -0.05) is 37.2 Å². The lowest BCUT2D eigenvalue weighted by molar-refractivity contribution is 0.0692. The second-order valence-electron chi connectivity index (χ2n) is 5.09. The summed E-state index contributed by atoms with van der Waals surface area (Å²) in [5.74, 6) is -1.07. The lowest BCUT2D eigenvalue weighted by atomic mass is 10.3. The molecular weight excluding hydrogens is 358 g/mol. The van der Waals surface area contributed by atoms with E-state index in [-0.39, 0.29) is 17.2 Å². The maximum absolute atomic E-state index is 11.9. The molecule has 0 saturated carbocycles. The minimum Gasteiger partial charge on any atom is -0.477 e. The van der Waals surface area contributed by atoms with Gasteiger partial charge in [-0.25, -0.2) is 14.6 Å². The first-order chi connectivity index (χ1) is 12.5. The van der Waals surface area contributed by atoms with Gasteiger partial charge in [0.25, 0.3) is 0 Å². The molecule has 1 aromatic heterocycles. The van der Waals surface area contributed by atoms with E-state index >= 15 is 0 Å². The van der Waals surface area contributed by atoms with Crippen molar-refractivity contribution in [2.24, 2.45) is 0 Å². The number of benzene rings is 1. The van der Waals surface area contributed by atoms with Crippen molar-refractivity contribution in [1.82, 2.24) is 9.97 Å². The van der Waals surface area contributed by atoms with Gasteiger partial charge in [0, 0.05) is 6.20 Å². The fourth-order valence-electron chi connectivity index (χ4n) is 1.89. The van der Waals surface area contributed by atoms with Gasteiger partial charge in [-0.05, 0) is 24.8 Å². The monoisotopic (exact) mass is 377 g/mol. The normalized spacial score (nSPS) is 10.2. The summed E-state index contributed by atoms with van der Waals surface area (Å²) in [6.45, 7) is 2.31. The fraction of sp³-hybridized carbons (Fsp3) is 0.294. The number of aromatic carboxylic acids is 1. The molecule has 0 bridgehead atoms. The summed E-state index contributed by atoms with van der Waals surface area (Å²) >= 11 is 1.26. The molecule has 0 radical (unpaired) electrons. The van der Waals surface area contributed by atoms with E-state index in [0.29, 0.717) is 17.5 Å². The zero-order chi connectivity index (χ0) is 18.9. The first-order valence-electron chi connectivity index (χ1n) is 7.90. The molecule has 8 nitrogen and oxygen atoms in total. The van der Waals surface area contributed by atoms with Gasteiger partial charge in [0.15, 0.2) is 10.9 Å². The van der Waals surface area contributed by atoms with E-state index in [1.54, 1.807) is 30.5 Å². The minimum atomic E-state index is -1.21. The quantitative estimate of drug-likeness (QED) is 0.403. The van der Waals surface area contributed by atoms with Gasteiger partial charge in [-0.3, -0.25) is 5.32 Å². The average molecular weight is 377 g/mol. The number of hydrogen-bond donors (Lipinski definition) is 2. The van der Waals surface area contributed by atoms with Crippen molar-refractivity contribution in [3.8, 4) is 11.6 Å². The van der Waals surface area contributed by atoms with Crippen LogP contribution in [0.2, 0.25) is 0 Å². The van der Waals surface area contributed by atoms with E-state index in [1.807, 2.05) is 6.92 Å². The molecule has 26 heavy (non-hydrogen) atoms. The molecule has 0 aliphatic rings. The van der Waals surface area contributed by atoms with E-state index < -0.39 is 12.1 Å². The van der Waals surface area contributed by atoms with Gasteiger partial charge in [0.05, 0.1) is 12.3 Å². The largest absolute Gasteiger partial charge is 0.477 e. The molecule has 0 fully saturated rings. The number of nitrogens with one attached hydrogen (secondary N) is 1. The Labute approximate surface area is 154 Å². The number of carbonyl (C=O) groups is 2. The van der Waals surface area contributed by atoms with Crippen LogP contribution in [0.4, 0.5) is 10.5 Å². The summed E-state index contributed by atoms with van der Waals surface area (Å²) in [5, 5.41) is 12.2. The third-order valence-electron chi connectivity index (χ3n) is 3.21. The minimum absolute atomic E-state index is 0.106. The second-order valence-corrected chi connectivity index (χ2v) is 5.87. The fourth-order valence-corrected chi connectivity index (χ4v) is 2.22. The van der Waals surface area contributed by atoms with Crippen LogP contribution in [0, 0.1) is 0 Å². The zero-order valence-electron chi connectivity index (χ0n) is 14.4. The number of hydrogen-bond acceptors (Lipinski definition) is 7. The molecule has 0 atom stereocenters. The third-order valence-corrected chi connectivity index (χ3v) is 3.77. The van der Waals surface area contributed by atoms with Crippen molar-refractivity contribution in [3.05, 3.63) is 36.0 Å². The molecular formula is C17H19N3O5S. The number of ether oxygens (including phenoxy) is 2. The van der Waals surface area contributed by atoms with Crippen LogP contribution in [0.25, 0.3) is 0 Å².